The van der Waals surface area contributed by atoms with Crippen molar-refractivity contribution in [1.29, 1.82) is 0 Å². The Balaban J connectivity index is 1.46. The quantitative estimate of drug-likeness (QED) is 0.739. The van der Waals surface area contributed by atoms with Crippen molar-refractivity contribution in [3.63, 3.8) is 0 Å². The topological polar surface area (TPSA) is 50.4 Å². The molecule has 0 radical (unpaired) electrons. The average molecular weight is 411 g/mol. The van der Waals surface area contributed by atoms with Crippen molar-refractivity contribution in [2.45, 2.75) is 82.7 Å². The second-order valence-electron chi connectivity index (χ2n) is 11.1. The van der Waals surface area contributed by atoms with Crippen molar-refractivity contribution >= 4 is 5.91 Å². The highest BCUT2D eigenvalue weighted by atomic mass is 16.5. The number of hydrogen-bond acceptors (Lipinski definition) is 3. The SMILES string of the molecule is CCOCC12CC3CC(C(=O)N[C@H]4CCN[C@H](C)C4)(C1)C[C@@](c1ccccc1)(C3)C2. The summed E-state index contributed by atoms with van der Waals surface area (Å²) in [4.78, 5) is 13.9. The smallest absolute Gasteiger partial charge is 0.226 e. The molecule has 4 heteroatoms. The molecule has 4 aliphatic carbocycles. The van der Waals surface area contributed by atoms with Gasteiger partial charge in [-0.3, -0.25) is 4.79 Å². The van der Waals surface area contributed by atoms with Gasteiger partial charge in [-0.2, -0.15) is 0 Å². The minimum absolute atomic E-state index is 0.135. The first kappa shape index (κ1) is 20.5. The van der Waals surface area contributed by atoms with Gasteiger partial charge in [0.05, 0.1) is 12.0 Å². The largest absolute Gasteiger partial charge is 0.381 e. The molecule has 1 aliphatic heterocycles. The second-order valence-corrected chi connectivity index (χ2v) is 11.1. The Morgan fingerprint density at radius 1 is 1.17 bits per heavy atom. The van der Waals surface area contributed by atoms with E-state index in [2.05, 4.69) is 54.8 Å². The fourth-order valence-corrected chi connectivity index (χ4v) is 8.09. The first-order chi connectivity index (χ1) is 14.5. The van der Waals surface area contributed by atoms with E-state index in [1.807, 2.05) is 0 Å². The Kier molecular flexibility index (Phi) is 5.22. The number of carbonyl (C=O) groups is 1. The molecule has 1 saturated heterocycles. The van der Waals surface area contributed by atoms with Gasteiger partial charge in [-0.15, -0.1) is 0 Å². The third kappa shape index (κ3) is 3.50. The summed E-state index contributed by atoms with van der Waals surface area (Å²) in [6.07, 6.45) is 8.84. The predicted molar refractivity (Wildman–Crippen MR) is 119 cm³/mol. The van der Waals surface area contributed by atoms with Crippen LogP contribution in [0.25, 0.3) is 0 Å². The summed E-state index contributed by atoms with van der Waals surface area (Å²) in [5.74, 6) is 0.978. The average Bonchev–Trinajstić information content (AvgIpc) is 2.72. The van der Waals surface area contributed by atoms with E-state index in [4.69, 9.17) is 4.74 Å². The molecule has 30 heavy (non-hydrogen) atoms. The van der Waals surface area contributed by atoms with E-state index in [0.29, 0.717) is 23.9 Å². The van der Waals surface area contributed by atoms with Crippen LogP contribution in [-0.2, 0) is 14.9 Å². The van der Waals surface area contributed by atoms with Gasteiger partial charge in [0.2, 0.25) is 5.91 Å². The van der Waals surface area contributed by atoms with Crippen LogP contribution in [0.1, 0.15) is 70.8 Å². The Morgan fingerprint density at radius 2 is 2.00 bits per heavy atom. The Hall–Kier alpha value is -1.39. The number of nitrogens with one attached hydrogen (secondary N) is 2. The lowest BCUT2D eigenvalue weighted by molar-refractivity contribution is -0.172. The molecule has 1 aromatic carbocycles. The maximum atomic E-state index is 13.9. The molecule has 1 amide bonds. The van der Waals surface area contributed by atoms with Crippen molar-refractivity contribution in [3.05, 3.63) is 35.9 Å². The van der Waals surface area contributed by atoms with Crippen molar-refractivity contribution in [1.82, 2.24) is 10.6 Å². The predicted octanol–water partition coefficient (Wildman–Crippen LogP) is 4.19. The van der Waals surface area contributed by atoms with Crippen LogP contribution in [0.2, 0.25) is 0 Å². The van der Waals surface area contributed by atoms with E-state index >= 15 is 0 Å². The van der Waals surface area contributed by atoms with E-state index in [1.54, 1.807) is 0 Å². The van der Waals surface area contributed by atoms with Gasteiger partial charge < -0.3 is 15.4 Å². The molecular weight excluding hydrogens is 372 g/mol. The van der Waals surface area contributed by atoms with Crippen molar-refractivity contribution in [2.75, 3.05) is 19.8 Å². The van der Waals surface area contributed by atoms with Crippen LogP contribution < -0.4 is 10.6 Å². The lowest BCUT2D eigenvalue weighted by atomic mass is 9.38. The van der Waals surface area contributed by atoms with Gasteiger partial charge in [0.15, 0.2) is 0 Å². The van der Waals surface area contributed by atoms with Crippen LogP contribution in [0.3, 0.4) is 0 Å². The zero-order valence-electron chi connectivity index (χ0n) is 18.7. The molecule has 6 atom stereocenters. The van der Waals surface area contributed by atoms with Gasteiger partial charge >= 0.3 is 0 Å². The molecule has 0 spiro atoms. The second kappa shape index (κ2) is 7.63. The van der Waals surface area contributed by atoms with E-state index in [0.717, 1.165) is 51.9 Å². The van der Waals surface area contributed by atoms with Crippen LogP contribution >= 0.6 is 0 Å². The summed E-state index contributed by atoms with van der Waals surface area (Å²) in [6, 6.07) is 11.9. The van der Waals surface area contributed by atoms with Gasteiger partial charge in [0.25, 0.3) is 0 Å². The third-order valence-corrected chi connectivity index (χ3v) is 8.62. The molecule has 5 aliphatic rings. The van der Waals surface area contributed by atoms with Gasteiger partial charge in [-0.05, 0) is 94.1 Å². The Bertz CT molecular complexity index is 782. The number of hydrogen-bond donors (Lipinski definition) is 2. The third-order valence-electron chi connectivity index (χ3n) is 8.62. The van der Waals surface area contributed by atoms with Crippen LogP contribution in [0.4, 0.5) is 0 Å². The highest BCUT2D eigenvalue weighted by Gasteiger charge is 2.66. The molecule has 0 aromatic heterocycles. The highest BCUT2D eigenvalue weighted by Crippen LogP contribution is 2.70. The van der Waals surface area contributed by atoms with E-state index in [1.165, 1.54) is 24.8 Å². The lowest BCUT2D eigenvalue weighted by Gasteiger charge is -2.66. The van der Waals surface area contributed by atoms with E-state index < -0.39 is 0 Å². The first-order valence-electron chi connectivity index (χ1n) is 12.1. The molecule has 6 rings (SSSR count). The van der Waals surface area contributed by atoms with Crippen LogP contribution in [0.5, 0.6) is 0 Å². The summed E-state index contributed by atoms with van der Waals surface area (Å²) in [7, 11) is 0. The van der Waals surface area contributed by atoms with Crippen molar-refractivity contribution in [2.24, 2.45) is 16.7 Å². The summed E-state index contributed by atoms with van der Waals surface area (Å²) in [6.45, 7) is 6.90. The summed E-state index contributed by atoms with van der Waals surface area (Å²) in [5, 5.41) is 7.04. The number of benzene rings is 1. The molecule has 4 bridgehead atoms. The zero-order chi connectivity index (χ0) is 20.8. The molecule has 1 aromatic rings. The molecule has 1 heterocycles. The van der Waals surface area contributed by atoms with Gasteiger partial charge in [-0.1, -0.05) is 30.3 Å². The fourth-order valence-electron chi connectivity index (χ4n) is 8.09. The van der Waals surface area contributed by atoms with Crippen LogP contribution in [0.15, 0.2) is 30.3 Å². The molecular formula is C26H38N2O2. The van der Waals surface area contributed by atoms with Crippen LogP contribution in [0, 0.1) is 16.7 Å². The molecule has 2 N–H and O–H groups in total. The Labute approximate surface area is 181 Å². The van der Waals surface area contributed by atoms with Gasteiger partial charge in [0, 0.05) is 18.7 Å². The van der Waals surface area contributed by atoms with Crippen LogP contribution in [-0.4, -0.2) is 37.7 Å². The van der Waals surface area contributed by atoms with Gasteiger partial charge in [0.1, 0.15) is 0 Å². The summed E-state index contributed by atoms with van der Waals surface area (Å²) < 4.78 is 6.05. The Morgan fingerprint density at radius 3 is 2.77 bits per heavy atom. The first-order valence-corrected chi connectivity index (χ1v) is 12.1. The number of carbonyl (C=O) groups excluding carboxylic acids is 1. The minimum atomic E-state index is -0.222. The highest BCUT2D eigenvalue weighted by molar-refractivity contribution is 5.84. The number of ether oxygens (including phenoxy) is 1. The summed E-state index contributed by atoms with van der Waals surface area (Å²) >= 11 is 0. The molecule has 164 valence electrons. The van der Waals surface area contributed by atoms with Crippen molar-refractivity contribution in [3.8, 4) is 0 Å². The monoisotopic (exact) mass is 410 g/mol. The lowest BCUT2D eigenvalue weighted by Crippen LogP contribution is -2.64. The van der Waals surface area contributed by atoms with E-state index in [9.17, 15) is 4.79 Å². The molecule has 3 unspecified atom stereocenters. The fraction of sp³-hybridized carbons (Fsp3) is 0.731. The molecule has 4 nitrogen and oxygen atoms in total. The number of rotatable bonds is 6. The normalized spacial score (nSPS) is 42.3. The van der Waals surface area contributed by atoms with Crippen molar-refractivity contribution < 1.29 is 9.53 Å². The number of piperidine rings is 1. The standard InChI is InChI=1S/C26H38N2O2/c1-3-30-18-24-12-20-13-25(15-24,21-7-5-4-6-8-21)17-26(14-20,16-24)23(29)28-22-9-10-27-19(2)11-22/h4-8,19-20,22,27H,3,9-18H2,1-2H3,(H,28,29)/t19-,20?,22+,24?,25-,26?/m1/s1. The van der Waals surface area contributed by atoms with E-state index in [-0.39, 0.29) is 16.2 Å². The molecule has 4 saturated carbocycles. The maximum Gasteiger partial charge on any atom is 0.226 e. The molecule has 5 fully saturated rings. The maximum absolute atomic E-state index is 13.9. The summed E-state index contributed by atoms with van der Waals surface area (Å²) in [5.41, 5.74) is 1.52. The minimum Gasteiger partial charge on any atom is -0.381 e. The zero-order valence-corrected chi connectivity index (χ0v) is 18.7. The number of amides is 1. The van der Waals surface area contributed by atoms with Gasteiger partial charge in [-0.25, -0.2) is 0 Å².